The molecule has 1 amide bonds. The summed E-state index contributed by atoms with van der Waals surface area (Å²) in [6, 6.07) is 13.5. The van der Waals surface area contributed by atoms with Crippen LogP contribution in [0, 0.1) is 5.82 Å². The Balaban J connectivity index is 1.55. The largest absolute Gasteiger partial charge is 0.378 e. The number of carbonyl (C=O) groups excluding carboxylic acids is 1. The van der Waals surface area contributed by atoms with Crippen molar-refractivity contribution in [3.8, 4) is 0 Å². The number of benzene rings is 2. The Bertz CT molecular complexity index is 1070. The van der Waals surface area contributed by atoms with E-state index in [1.54, 1.807) is 36.4 Å². The summed E-state index contributed by atoms with van der Waals surface area (Å²) < 4.78 is 15.4. The van der Waals surface area contributed by atoms with Gasteiger partial charge in [-0.15, -0.1) is 16.8 Å². The third-order valence-electron chi connectivity index (χ3n) is 4.03. The predicted octanol–water partition coefficient (Wildman–Crippen LogP) is 4.11. The minimum atomic E-state index is -0.410. The molecule has 0 fully saturated rings. The zero-order valence-corrected chi connectivity index (χ0v) is 18.0. The van der Waals surface area contributed by atoms with Crippen molar-refractivity contribution in [2.24, 2.45) is 5.10 Å². The number of anilines is 1. The summed E-state index contributed by atoms with van der Waals surface area (Å²) >= 11 is 7.13. The van der Waals surface area contributed by atoms with Crippen molar-refractivity contribution < 1.29 is 9.18 Å². The molecule has 10 heteroatoms. The van der Waals surface area contributed by atoms with E-state index in [-0.39, 0.29) is 11.7 Å². The van der Waals surface area contributed by atoms with Crippen LogP contribution in [0.2, 0.25) is 5.02 Å². The van der Waals surface area contributed by atoms with Crippen molar-refractivity contribution in [3.05, 3.63) is 83.4 Å². The van der Waals surface area contributed by atoms with E-state index in [2.05, 4.69) is 32.6 Å². The van der Waals surface area contributed by atoms with Crippen LogP contribution in [0.1, 0.15) is 11.4 Å². The summed E-state index contributed by atoms with van der Waals surface area (Å²) in [4.78, 5) is 12.1. The van der Waals surface area contributed by atoms with Crippen LogP contribution < -0.4 is 10.7 Å². The Hall–Kier alpha value is -3.17. The van der Waals surface area contributed by atoms with Gasteiger partial charge >= 0.3 is 0 Å². The first kappa shape index (κ1) is 22.5. The number of hydrogen-bond donors (Lipinski definition) is 2. The Morgan fingerprint density at radius 3 is 2.74 bits per heavy atom. The van der Waals surface area contributed by atoms with Crippen molar-refractivity contribution in [3.63, 3.8) is 0 Å². The molecule has 0 atom stereocenters. The van der Waals surface area contributed by atoms with E-state index >= 15 is 0 Å². The van der Waals surface area contributed by atoms with Crippen molar-refractivity contribution in [2.75, 3.05) is 11.1 Å². The summed E-state index contributed by atoms with van der Waals surface area (Å²) in [5, 5.41) is 16.7. The third kappa shape index (κ3) is 6.66. The zero-order chi connectivity index (χ0) is 22.1. The van der Waals surface area contributed by atoms with Crippen molar-refractivity contribution in [1.29, 1.82) is 0 Å². The lowest BCUT2D eigenvalue weighted by Gasteiger charge is -2.09. The number of amides is 1. The van der Waals surface area contributed by atoms with Gasteiger partial charge in [-0.3, -0.25) is 4.79 Å². The minimum Gasteiger partial charge on any atom is -0.378 e. The normalized spacial score (nSPS) is 10.9. The lowest BCUT2D eigenvalue weighted by atomic mass is 10.2. The molecule has 0 bridgehead atoms. The van der Waals surface area contributed by atoms with E-state index in [9.17, 15) is 9.18 Å². The number of halogens is 2. The fraction of sp³-hybridized carbons (Fsp3) is 0.143. The molecular weight excluding hydrogens is 439 g/mol. The average molecular weight is 459 g/mol. The van der Waals surface area contributed by atoms with Crippen molar-refractivity contribution in [2.45, 2.75) is 18.2 Å². The molecule has 0 radical (unpaired) electrons. The number of rotatable bonds is 10. The van der Waals surface area contributed by atoms with Gasteiger partial charge in [0.1, 0.15) is 5.82 Å². The summed E-state index contributed by atoms with van der Waals surface area (Å²) in [6.45, 7) is 4.71. The molecule has 0 aliphatic rings. The molecule has 0 aliphatic carbocycles. The van der Waals surface area contributed by atoms with Crippen LogP contribution in [0.25, 0.3) is 0 Å². The van der Waals surface area contributed by atoms with E-state index in [0.717, 1.165) is 5.69 Å². The number of hydrogen-bond acceptors (Lipinski definition) is 6. The molecule has 1 aromatic heterocycles. The molecule has 3 aromatic rings. The number of allylic oxidation sites excluding steroid dienone is 1. The van der Waals surface area contributed by atoms with Gasteiger partial charge in [0.25, 0.3) is 5.91 Å². The maximum atomic E-state index is 13.5. The maximum Gasteiger partial charge on any atom is 0.250 e. The van der Waals surface area contributed by atoms with Gasteiger partial charge in [-0.05, 0) is 30.3 Å². The Kier molecular flexibility index (Phi) is 8.19. The predicted molar refractivity (Wildman–Crippen MR) is 122 cm³/mol. The topological polar surface area (TPSA) is 84.2 Å². The second-order valence-corrected chi connectivity index (χ2v) is 7.64. The highest BCUT2D eigenvalue weighted by atomic mass is 35.5. The van der Waals surface area contributed by atoms with Gasteiger partial charge in [0.15, 0.2) is 11.0 Å². The fourth-order valence-corrected chi connectivity index (χ4v) is 3.42. The zero-order valence-electron chi connectivity index (χ0n) is 16.5. The number of aromatic nitrogens is 3. The smallest absolute Gasteiger partial charge is 0.250 e. The molecule has 2 N–H and O–H groups in total. The molecule has 0 saturated carbocycles. The molecule has 31 heavy (non-hydrogen) atoms. The lowest BCUT2D eigenvalue weighted by molar-refractivity contribution is -0.118. The molecule has 3 rings (SSSR count). The quantitative estimate of drug-likeness (QED) is 0.207. The van der Waals surface area contributed by atoms with Crippen LogP contribution in [-0.2, 0) is 17.9 Å². The molecule has 1 heterocycles. The Morgan fingerprint density at radius 1 is 1.23 bits per heavy atom. The van der Waals surface area contributed by atoms with Crippen molar-refractivity contribution >= 4 is 41.2 Å². The molecule has 2 aromatic carbocycles. The second-order valence-electron chi connectivity index (χ2n) is 6.26. The van der Waals surface area contributed by atoms with E-state index in [1.807, 2.05) is 16.7 Å². The summed E-state index contributed by atoms with van der Waals surface area (Å²) in [5.74, 6) is 0.0307. The van der Waals surface area contributed by atoms with Crippen LogP contribution in [0.4, 0.5) is 10.1 Å². The molecule has 0 aliphatic heterocycles. The Morgan fingerprint density at radius 2 is 2.00 bits per heavy atom. The van der Waals surface area contributed by atoms with Crippen LogP contribution in [-0.4, -0.2) is 32.6 Å². The number of hydrazone groups is 1. The van der Waals surface area contributed by atoms with Gasteiger partial charge in [0, 0.05) is 22.8 Å². The number of nitrogens with zero attached hydrogens (tertiary/aromatic N) is 4. The van der Waals surface area contributed by atoms with E-state index in [1.165, 1.54) is 24.0 Å². The highest BCUT2D eigenvalue weighted by Crippen LogP contribution is 2.19. The van der Waals surface area contributed by atoms with E-state index in [4.69, 9.17) is 11.6 Å². The monoisotopic (exact) mass is 458 g/mol. The molecule has 0 unspecified atom stereocenters. The van der Waals surface area contributed by atoms with E-state index in [0.29, 0.717) is 34.7 Å². The highest BCUT2D eigenvalue weighted by Gasteiger charge is 2.13. The first-order chi connectivity index (χ1) is 15.1. The summed E-state index contributed by atoms with van der Waals surface area (Å²) in [5.41, 5.74) is 3.57. The lowest BCUT2D eigenvalue weighted by Crippen LogP contribution is -2.20. The summed E-state index contributed by atoms with van der Waals surface area (Å²) in [7, 11) is 0. The first-order valence-electron chi connectivity index (χ1n) is 9.28. The van der Waals surface area contributed by atoms with Gasteiger partial charge in [-0.25, -0.2) is 9.82 Å². The fourth-order valence-electron chi connectivity index (χ4n) is 2.53. The SMILES string of the molecule is C=CCn1c(CNc2ccc(Cl)cc2)nnc1SCC(=O)N/N=C\c1ccccc1F. The maximum absolute atomic E-state index is 13.5. The van der Waals surface area contributed by atoms with Gasteiger partial charge in [-0.1, -0.05) is 47.6 Å². The van der Waals surface area contributed by atoms with Gasteiger partial charge in [0.2, 0.25) is 0 Å². The molecular formula is C21H20ClFN6OS. The third-order valence-corrected chi connectivity index (χ3v) is 5.25. The highest BCUT2D eigenvalue weighted by molar-refractivity contribution is 7.99. The van der Waals surface area contributed by atoms with Crippen LogP contribution in [0.3, 0.4) is 0 Å². The molecule has 0 saturated heterocycles. The average Bonchev–Trinajstić information content (AvgIpc) is 3.15. The van der Waals surface area contributed by atoms with Gasteiger partial charge in [0.05, 0.1) is 18.5 Å². The van der Waals surface area contributed by atoms with Crippen LogP contribution >= 0.6 is 23.4 Å². The number of carbonyl (C=O) groups is 1. The number of nitrogens with one attached hydrogen (secondary N) is 2. The number of thioether (sulfide) groups is 1. The first-order valence-corrected chi connectivity index (χ1v) is 10.6. The van der Waals surface area contributed by atoms with E-state index < -0.39 is 5.82 Å². The van der Waals surface area contributed by atoms with Crippen LogP contribution in [0.5, 0.6) is 0 Å². The summed E-state index contributed by atoms with van der Waals surface area (Å²) in [6.07, 6.45) is 3.00. The molecule has 7 nitrogen and oxygen atoms in total. The van der Waals surface area contributed by atoms with Gasteiger partial charge < -0.3 is 9.88 Å². The molecule has 160 valence electrons. The van der Waals surface area contributed by atoms with Gasteiger partial charge in [-0.2, -0.15) is 5.10 Å². The van der Waals surface area contributed by atoms with Crippen LogP contribution in [0.15, 0.2) is 71.4 Å². The minimum absolute atomic E-state index is 0.0779. The van der Waals surface area contributed by atoms with Crippen molar-refractivity contribution in [1.82, 2.24) is 20.2 Å². The molecule has 0 spiro atoms. The second kappa shape index (κ2) is 11.3. The standard InChI is InChI=1S/C21H20ClFN6OS/c1-2-11-29-19(13-24-17-9-7-16(22)8-10-17)26-28-21(29)31-14-20(30)27-25-12-15-5-3-4-6-18(15)23/h2-10,12,24H,1,11,13-14H2,(H,27,30)/b25-12-. The Labute approximate surface area is 188 Å².